The first-order valence-corrected chi connectivity index (χ1v) is 8.63. The third kappa shape index (κ3) is 2.85. The molecule has 3 aromatic rings. The van der Waals surface area contributed by atoms with Crippen molar-refractivity contribution in [2.45, 2.75) is 25.9 Å². The monoisotopic (exact) mass is 348 g/mol. The largest absolute Gasteiger partial charge is 0.506 e. The number of piperazine rings is 1. The maximum Gasteiger partial charge on any atom is 0.134 e. The van der Waals surface area contributed by atoms with Gasteiger partial charge in [0.1, 0.15) is 17.6 Å². The molecule has 1 fully saturated rings. The molecule has 132 valence electrons. The number of fused-ring (bicyclic) bond motifs is 1. The second-order valence-corrected chi connectivity index (χ2v) is 6.85. The molecule has 0 spiro atoms. The van der Waals surface area contributed by atoms with Gasteiger partial charge < -0.3 is 15.3 Å². The average Bonchev–Trinajstić information content (AvgIpc) is 3.03. The van der Waals surface area contributed by atoms with E-state index in [4.69, 9.17) is 0 Å². The Balaban J connectivity index is 1.73. The summed E-state index contributed by atoms with van der Waals surface area (Å²) in [4.78, 5) is 6.90. The summed E-state index contributed by atoms with van der Waals surface area (Å²) in [7, 11) is 0. The Morgan fingerprint density at radius 3 is 2.65 bits per heavy atom. The third-order valence-corrected chi connectivity index (χ3v) is 4.66. The van der Waals surface area contributed by atoms with Gasteiger partial charge in [0, 0.05) is 42.5 Å². The molecule has 4 heterocycles. The zero-order valence-electron chi connectivity index (χ0n) is 14.7. The van der Waals surface area contributed by atoms with Crippen molar-refractivity contribution in [2.75, 3.05) is 18.0 Å². The summed E-state index contributed by atoms with van der Waals surface area (Å²) in [5.74, 6) is 1.02. The quantitative estimate of drug-likeness (QED) is 0.738. The molecule has 0 saturated carbocycles. The lowest BCUT2D eigenvalue weighted by Gasteiger charge is -2.36. The van der Waals surface area contributed by atoms with Crippen molar-refractivity contribution < 1.29 is 5.11 Å². The minimum atomic E-state index is 0.0916. The van der Waals surface area contributed by atoms with Crippen LogP contribution in [0.15, 0.2) is 36.8 Å². The first kappa shape index (κ1) is 16.4. The molecule has 26 heavy (non-hydrogen) atoms. The number of hydrogen-bond donors (Lipinski definition) is 2. The molecule has 3 aromatic heterocycles. The van der Waals surface area contributed by atoms with Gasteiger partial charge in [-0.25, -0.2) is 9.50 Å². The molecule has 0 aromatic carbocycles. The van der Waals surface area contributed by atoms with Gasteiger partial charge in [0.05, 0.1) is 23.5 Å². The fraction of sp³-hybridized carbons (Fsp3) is 0.316. The Morgan fingerprint density at radius 1 is 1.23 bits per heavy atom. The van der Waals surface area contributed by atoms with Crippen LogP contribution in [0, 0.1) is 11.3 Å². The lowest BCUT2D eigenvalue weighted by molar-refractivity contribution is 0.405. The van der Waals surface area contributed by atoms with Gasteiger partial charge in [0.2, 0.25) is 0 Å². The van der Waals surface area contributed by atoms with E-state index in [0.29, 0.717) is 23.2 Å². The van der Waals surface area contributed by atoms with Gasteiger partial charge in [-0.05, 0) is 32.0 Å². The van der Waals surface area contributed by atoms with Crippen LogP contribution in [-0.4, -0.2) is 44.9 Å². The lowest BCUT2D eigenvalue weighted by Crippen LogP contribution is -2.54. The van der Waals surface area contributed by atoms with Gasteiger partial charge in [0.25, 0.3) is 0 Å². The normalized spacial score (nSPS) is 20.3. The van der Waals surface area contributed by atoms with E-state index < -0.39 is 0 Å². The smallest absolute Gasteiger partial charge is 0.134 e. The molecule has 4 rings (SSSR count). The molecule has 1 aliphatic rings. The van der Waals surface area contributed by atoms with Gasteiger partial charge in [-0.15, -0.1) is 0 Å². The molecule has 0 aliphatic carbocycles. The molecular formula is C19H20N6O. The number of rotatable bonds is 2. The summed E-state index contributed by atoms with van der Waals surface area (Å²) >= 11 is 0. The van der Waals surface area contributed by atoms with E-state index >= 15 is 0 Å². The second-order valence-electron chi connectivity index (χ2n) is 6.85. The highest BCUT2D eigenvalue weighted by Gasteiger charge is 2.22. The topological polar surface area (TPSA) is 89.5 Å². The summed E-state index contributed by atoms with van der Waals surface area (Å²) in [6.45, 7) is 6.16. The zero-order chi connectivity index (χ0) is 18.3. The molecule has 2 N–H and O–H groups in total. The molecule has 2 atom stereocenters. The highest BCUT2D eigenvalue weighted by Crippen LogP contribution is 2.30. The van der Waals surface area contributed by atoms with Crippen LogP contribution in [-0.2, 0) is 0 Å². The van der Waals surface area contributed by atoms with E-state index in [-0.39, 0.29) is 5.75 Å². The van der Waals surface area contributed by atoms with E-state index in [1.807, 2.05) is 12.1 Å². The molecule has 1 aliphatic heterocycles. The predicted molar refractivity (Wildman–Crippen MR) is 99.1 cm³/mol. The number of nitriles is 1. The van der Waals surface area contributed by atoms with E-state index in [9.17, 15) is 10.4 Å². The van der Waals surface area contributed by atoms with Crippen LogP contribution >= 0.6 is 0 Å². The van der Waals surface area contributed by atoms with Crippen LogP contribution in [0.3, 0.4) is 0 Å². The minimum Gasteiger partial charge on any atom is -0.506 e. The first-order chi connectivity index (χ1) is 12.5. The van der Waals surface area contributed by atoms with Gasteiger partial charge in [-0.3, -0.25) is 0 Å². The average molecular weight is 348 g/mol. The molecule has 7 heteroatoms. The van der Waals surface area contributed by atoms with E-state index in [1.54, 1.807) is 12.3 Å². The number of aromatic nitrogens is 3. The van der Waals surface area contributed by atoms with Crippen LogP contribution in [0.5, 0.6) is 5.75 Å². The van der Waals surface area contributed by atoms with Crippen molar-refractivity contribution in [2.24, 2.45) is 0 Å². The Bertz CT molecular complexity index is 978. The highest BCUT2D eigenvalue weighted by atomic mass is 16.3. The fourth-order valence-electron chi connectivity index (χ4n) is 3.66. The Kier molecular flexibility index (Phi) is 3.98. The van der Waals surface area contributed by atoms with Gasteiger partial charge in [-0.1, -0.05) is 0 Å². The second kappa shape index (κ2) is 6.32. The van der Waals surface area contributed by atoms with E-state index in [1.165, 1.54) is 16.9 Å². The summed E-state index contributed by atoms with van der Waals surface area (Å²) in [6, 6.07) is 8.58. The van der Waals surface area contributed by atoms with Crippen molar-refractivity contribution in [3.05, 3.63) is 42.4 Å². The zero-order valence-corrected chi connectivity index (χ0v) is 14.7. The molecule has 0 bridgehead atoms. The fourth-order valence-corrected chi connectivity index (χ4v) is 3.66. The third-order valence-electron chi connectivity index (χ3n) is 4.66. The SMILES string of the molecule is CC1CN(c2ccc(-c3cc(O)cn4ncc(C#N)c34)cn2)CC(C)N1. The maximum atomic E-state index is 9.99. The number of aromatic hydroxyl groups is 1. The molecular weight excluding hydrogens is 328 g/mol. The van der Waals surface area contributed by atoms with Crippen molar-refractivity contribution in [1.29, 1.82) is 5.26 Å². The standard InChI is InChI=1S/C19H20N6O/c1-12-9-24(10-13(2)23-12)18-4-3-14(7-21-18)17-5-16(26)11-25-19(17)15(6-20)8-22-25/h3-5,7-8,11-13,23,26H,9-10H2,1-2H3. The molecule has 7 nitrogen and oxygen atoms in total. The van der Waals surface area contributed by atoms with Gasteiger partial charge in [0.15, 0.2) is 0 Å². The van der Waals surface area contributed by atoms with Crippen LogP contribution in [0.2, 0.25) is 0 Å². The Morgan fingerprint density at radius 2 is 2.00 bits per heavy atom. The summed E-state index contributed by atoms with van der Waals surface area (Å²) in [6.07, 6.45) is 4.78. The molecule has 1 saturated heterocycles. The van der Waals surface area contributed by atoms with Gasteiger partial charge in [-0.2, -0.15) is 10.4 Å². The predicted octanol–water partition coefficient (Wildman–Crippen LogP) is 2.16. The summed E-state index contributed by atoms with van der Waals surface area (Å²) in [5.41, 5.74) is 2.71. The summed E-state index contributed by atoms with van der Waals surface area (Å²) in [5, 5.41) is 27.0. The number of nitrogens with zero attached hydrogens (tertiary/aromatic N) is 5. The number of hydrogen-bond acceptors (Lipinski definition) is 6. The first-order valence-electron chi connectivity index (χ1n) is 8.63. The van der Waals surface area contributed by atoms with Gasteiger partial charge >= 0.3 is 0 Å². The Hall–Kier alpha value is -3.11. The van der Waals surface area contributed by atoms with Crippen LogP contribution in [0.1, 0.15) is 19.4 Å². The van der Waals surface area contributed by atoms with Crippen molar-refractivity contribution in [1.82, 2.24) is 19.9 Å². The summed E-state index contributed by atoms with van der Waals surface area (Å²) < 4.78 is 1.52. The maximum absolute atomic E-state index is 9.99. The van der Waals surface area contributed by atoms with E-state index in [0.717, 1.165) is 30.0 Å². The lowest BCUT2D eigenvalue weighted by atomic mass is 10.1. The molecule has 0 radical (unpaired) electrons. The van der Waals surface area contributed by atoms with E-state index in [2.05, 4.69) is 40.2 Å². The van der Waals surface area contributed by atoms with Crippen LogP contribution < -0.4 is 10.2 Å². The van der Waals surface area contributed by atoms with Crippen molar-refractivity contribution >= 4 is 11.3 Å². The Labute approximate surface area is 151 Å². The van der Waals surface area contributed by atoms with Crippen LogP contribution in [0.25, 0.3) is 16.6 Å². The minimum absolute atomic E-state index is 0.0916. The van der Waals surface area contributed by atoms with Crippen molar-refractivity contribution in [3.8, 4) is 22.9 Å². The molecule has 0 amide bonds. The van der Waals surface area contributed by atoms with Crippen LogP contribution in [0.4, 0.5) is 5.82 Å². The number of pyridine rings is 2. The van der Waals surface area contributed by atoms with Crippen molar-refractivity contribution in [3.63, 3.8) is 0 Å². The number of nitrogens with one attached hydrogen (secondary N) is 1. The highest BCUT2D eigenvalue weighted by molar-refractivity contribution is 5.85. The molecule has 2 unspecified atom stereocenters. The number of anilines is 1.